The molecule has 0 aromatic rings. The molecular formula is C10H14F3N2O12P3. The Bertz CT molecular complexity index is 897. The van der Waals surface area contributed by atoms with Gasteiger partial charge >= 0.3 is 23.5 Å². The van der Waals surface area contributed by atoms with Crippen LogP contribution in [0.25, 0.3) is 0 Å². The Morgan fingerprint density at radius 1 is 1.20 bits per heavy atom. The van der Waals surface area contributed by atoms with Gasteiger partial charge in [-0.15, -0.1) is 0 Å². The van der Waals surface area contributed by atoms with E-state index in [4.69, 9.17) is 14.7 Å². The van der Waals surface area contributed by atoms with E-state index in [1.54, 1.807) is 0 Å². The summed E-state index contributed by atoms with van der Waals surface area (Å²) >= 11 is 0. The average Bonchev–Trinajstić information content (AvgIpc) is 2.75. The lowest BCUT2D eigenvalue weighted by atomic mass is 10.1. The molecule has 2 heterocycles. The molecule has 5 N–H and O–H groups in total. The lowest BCUT2D eigenvalue weighted by Crippen LogP contribution is -2.44. The van der Waals surface area contributed by atoms with Crippen LogP contribution in [0, 0.1) is 0 Å². The fraction of sp³-hybridized carbons (Fsp3) is 0.500. The van der Waals surface area contributed by atoms with Gasteiger partial charge in [-0.05, 0) is 0 Å². The molecule has 20 heteroatoms. The van der Waals surface area contributed by atoms with Crippen molar-refractivity contribution in [1.29, 1.82) is 0 Å². The largest absolute Gasteiger partial charge is 0.490 e. The van der Waals surface area contributed by atoms with Crippen LogP contribution in [0.1, 0.15) is 0 Å². The van der Waals surface area contributed by atoms with E-state index in [-0.39, 0.29) is 5.82 Å². The number of carbonyl (C=O) groups excluding carboxylic acids is 1. The number of rotatable bonds is 8. The molecule has 2 rings (SSSR count). The maximum absolute atomic E-state index is 14.7. The maximum atomic E-state index is 14.7. The predicted molar refractivity (Wildman–Crippen MR) is 86.6 cm³/mol. The summed E-state index contributed by atoms with van der Waals surface area (Å²) in [5.41, 5.74) is 0. The number of carbonyl (C=O) groups is 1. The van der Waals surface area contributed by atoms with E-state index < -0.39 is 60.4 Å². The molecule has 172 valence electrons. The highest BCUT2D eigenvalue weighted by Crippen LogP contribution is 2.66. The van der Waals surface area contributed by atoms with Gasteiger partial charge in [0, 0.05) is 12.3 Å². The number of phosphoric acid groups is 3. The summed E-state index contributed by atoms with van der Waals surface area (Å²) in [5, 5.41) is 2.11. The molecule has 0 saturated carbocycles. The van der Waals surface area contributed by atoms with Gasteiger partial charge in [0.1, 0.15) is 12.4 Å². The van der Waals surface area contributed by atoms with Crippen molar-refractivity contribution in [2.75, 3.05) is 6.61 Å². The van der Waals surface area contributed by atoms with Crippen LogP contribution in [0.15, 0.2) is 24.7 Å². The third kappa shape index (κ3) is 6.22. The molecule has 0 radical (unpaired) electrons. The average molecular weight is 504 g/mol. The summed E-state index contributed by atoms with van der Waals surface area (Å²) in [7, 11) is -17.4. The fourth-order valence-electron chi connectivity index (χ4n) is 2.23. The minimum absolute atomic E-state index is 0.306. The number of amides is 1. The van der Waals surface area contributed by atoms with Crippen LogP contribution in [0.2, 0.25) is 0 Å². The van der Waals surface area contributed by atoms with Gasteiger partial charge in [0.25, 0.3) is 11.8 Å². The Balaban J connectivity index is 2.08. The highest BCUT2D eigenvalue weighted by atomic mass is 31.3. The van der Waals surface area contributed by atoms with Crippen molar-refractivity contribution in [2.24, 2.45) is 0 Å². The van der Waals surface area contributed by atoms with Gasteiger partial charge in [0.15, 0.2) is 18.6 Å². The van der Waals surface area contributed by atoms with Crippen LogP contribution in [0.4, 0.5) is 13.2 Å². The number of nitrogens with zero attached hydrogens (tertiary/aromatic N) is 1. The number of alkyl halides is 3. The molecule has 1 saturated heterocycles. The highest BCUT2D eigenvalue weighted by Gasteiger charge is 2.60. The van der Waals surface area contributed by atoms with Crippen molar-refractivity contribution in [3.8, 4) is 0 Å². The molecule has 0 aliphatic carbocycles. The third-order valence-corrected chi connectivity index (χ3v) is 7.14. The van der Waals surface area contributed by atoms with E-state index >= 15 is 0 Å². The lowest BCUT2D eigenvalue weighted by Gasteiger charge is -2.32. The molecule has 6 atom stereocenters. The first-order valence-corrected chi connectivity index (χ1v) is 11.9. The molecular weight excluding hydrogens is 490 g/mol. The van der Waals surface area contributed by atoms with Crippen LogP contribution >= 0.6 is 23.5 Å². The highest BCUT2D eigenvalue weighted by molar-refractivity contribution is 7.66. The SMILES string of the molecule is C=C1NC(=O)C=CN1[C@@H]1O[C@](F)(COP(=O)(O)OP(=O)(O)OP(=O)(O)O)[C@@H](F)[C@H]1F. The van der Waals surface area contributed by atoms with E-state index in [1.165, 1.54) is 0 Å². The smallest absolute Gasteiger partial charge is 0.314 e. The van der Waals surface area contributed by atoms with E-state index in [2.05, 4.69) is 29.8 Å². The van der Waals surface area contributed by atoms with Crippen molar-refractivity contribution < 1.29 is 69.1 Å². The van der Waals surface area contributed by atoms with Crippen LogP contribution in [0.3, 0.4) is 0 Å². The van der Waals surface area contributed by atoms with Crippen LogP contribution < -0.4 is 5.32 Å². The van der Waals surface area contributed by atoms with Crippen molar-refractivity contribution >= 4 is 29.4 Å². The standard InChI is InChI=1S/C10H14F3N2O12P3/c1-5-14-6(16)2-3-15(5)9-7(11)8(12)10(13,25-9)4-24-29(20,21)27-30(22,23)26-28(17,18)19/h2-3,7-9H,1,4H2,(H,14,16)(H,20,21)(H,22,23)(H2,17,18,19)/t7-,8+,9-,10-/m1/s1. The molecule has 2 unspecified atom stereocenters. The van der Waals surface area contributed by atoms with Crippen LogP contribution in [-0.2, 0) is 36.4 Å². The summed E-state index contributed by atoms with van der Waals surface area (Å²) in [6, 6.07) is 0. The second-order valence-corrected chi connectivity index (χ2v) is 10.1. The quantitative estimate of drug-likeness (QED) is 0.286. The molecule has 2 aliphatic heterocycles. The fourth-order valence-corrected chi connectivity index (χ4v) is 5.27. The van der Waals surface area contributed by atoms with Crippen molar-refractivity contribution in [3.05, 3.63) is 24.7 Å². The Kier molecular flexibility index (Phi) is 7.09. The van der Waals surface area contributed by atoms with Gasteiger partial charge < -0.3 is 34.5 Å². The van der Waals surface area contributed by atoms with E-state index in [9.17, 15) is 36.6 Å². The van der Waals surface area contributed by atoms with E-state index in [0.29, 0.717) is 4.90 Å². The number of hydrogen-bond donors (Lipinski definition) is 5. The molecule has 0 spiro atoms. The summed E-state index contributed by atoms with van der Waals surface area (Å²) in [6.07, 6.45) is -6.12. The first-order chi connectivity index (χ1) is 13.4. The summed E-state index contributed by atoms with van der Waals surface area (Å²) in [6.45, 7) is 1.46. The molecule has 0 aromatic heterocycles. The van der Waals surface area contributed by atoms with Gasteiger partial charge in [0.2, 0.25) is 0 Å². The van der Waals surface area contributed by atoms with Crippen LogP contribution in [0.5, 0.6) is 0 Å². The number of halogens is 3. The Morgan fingerprint density at radius 3 is 2.33 bits per heavy atom. The number of nitrogens with one attached hydrogen (secondary N) is 1. The molecule has 30 heavy (non-hydrogen) atoms. The molecule has 0 bridgehead atoms. The molecule has 0 aromatic carbocycles. The van der Waals surface area contributed by atoms with E-state index in [0.717, 1.165) is 12.3 Å². The number of hydrogen-bond acceptors (Lipinski definition) is 9. The lowest BCUT2D eigenvalue weighted by molar-refractivity contribution is -0.197. The Morgan fingerprint density at radius 2 is 1.80 bits per heavy atom. The summed E-state index contributed by atoms with van der Waals surface area (Å²) in [5.74, 6) is -4.70. The van der Waals surface area contributed by atoms with E-state index in [1.807, 2.05) is 0 Å². The second kappa shape index (κ2) is 8.45. The van der Waals surface area contributed by atoms with Gasteiger partial charge in [-0.3, -0.25) is 9.32 Å². The Hall–Kier alpha value is -1.09. The maximum Gasteiger partial charge on any atom is 0.490 e. The molecule has 1 fully saturated rings. The minimum atomic E-state index is -5.90. The van der Waals surface area contributed by atoms with Crippen molar-refractivity contribution in [3.63, 3.8) is 0 Å². The molecule has 1 amide bonds. The summed E-state index contributed by atoms with van der Waals surface area (Å²) in [4.78, 5) is 46.9. The monoisotopic (exact) mass is 504 g/mol. The predicted octanol–water partition coefficient (Wildman–Crippen LogP) is 0.445. The van der Waals surface area contributed by atoms with Gasteiger partial charge in [-0.2, -0.15) is 8.62 Å². The topological polar surface area (TPSA) is 201 Å². The zero-order valence-corrected chi connectivity index (χ0v) is 17.0. The second-order valence-electron chi connectivity index (χ2n) is 5.66. The first kappa shape index (κ1) is 25.2. The normalized spacial score (nSPS) is 33.8. The number of phosphoric ester groups is 1. The summed E-state index contributed by atoms with van der Waals surface area (Å²) < 4.78 is 91.7. The van der Waals surface area contributed by atoms with Gasteiger partial charge in [-0.25, -0.2) is 26.9 Å². The van der Waals surface area contributed by atoms with Crippen molar-refractivity contribution in [2.45, 2.75) is 24.4 Å². The number of ether oxygens (including phenoxy) is 1. The minimum Gasteiger partial charge on any atom is -0.314 e. The van der Waals surface area contributed by atoms with Crippen molar-refractivity contribution in [1.82, 2.24) is 10.2 Å². The molecule has 2 aliphatic rings. The third-order valence-electron chi connectivity index (χ3n) is 3.36. The molecule has 14 nitrogen and oxygen atoms in total. The zero-order valence-electron chi connectivity index (χ0n) is 14.3. The van der Waals surface area contributed by atoms with Crippen LogP contribution in [-0.4, -0.2) is 61.4 Å². The Labute approximate surface area is 165 Å². The van der Waals surface area contributed by atoms with Gasteiger partial charge in [0.05, 0.1) is 0 Å². The first-order valence-electron chi connectivity index (χ1n) is 7.34. The zero-order chi connectivity index (χ0) is 23.1. The van der Waals surface area contributed by atoms with Gasteiger partial charge in [-0.1, -0.05) is 6.58 Å².